The predicted octanol–water partition coefficient (Wildman–Crippen LogP) is 0.530. The van der Waals surface area contributed by atoms with E-state index in [1.807, 2.05) is 31.3 Å². The smallest absolute Gasteiger partial charge is 0.250 e. The van der Waals surface area contributed by atoms with Crippen molar-refractivity contribution in [2.75, 3.05) is 32.1 Å². The van der Waals surface area contributed by atoms with Crippen LogP contribution < -0.4 is 10.6 Å². The molecule has 1 amide bonds. The average molecular weight is 232 g/mol. The summed E-state index contributed by atoms with van der Waals surface area (Å²) in [5.74, 6) is -0.151. The van der Waals surface area contributed by atoms with Crippen LogP contribution in [0.25, 0.3) is 0 Å². The highest BCUT2D eigenvalue weighted by molar-refractivity contribution is 6.08. The highest BCUT2D eigenvalue weighted by Crippen LogP contribution is 2.09. The number of carbonyl (C=O) groups excluding carboxylic acids is 1. The molecule has 1 aromatic rings. The molecule has 1 rings (SSSR count). The molecule has 0 bridgehead atoms. The first-order chi connectivity index (χ1) is 8.26. The largest absolute Gasteiger partial charge is 0.370 e. The zero-order valence-corrected chi connectivity index (χ0v) is 10.0. The van der Waals surface area contributed by atoms with Gasteiger partial charge in [-0.15, -0.1) is 0 Å². The Hall–Kier alpha value is -1.33. The third-order valence-corrected chi connectivity index (χ3v) is 2.20. The van der Waals surface area contributed by atoms with Crippen molar-refractivity contribution in [1.82, 2.24) is 5.32 Å². The van der Waals surface area contributed by atoms with Gasteiger partial charge in [0.1, 0.15) is 6.61 Å². The lowest BCUT2D eigenvalue weighted by Gasteiger charge is -2.06. The number of ether oxygens (including phenoxy) is 1. The van der Waals surface area contributed by atoms with E-state index >= 15 is 0 Å². The first-order valence-electron chi connectivity index (χ1n) is 5.57. The zero-order chi connectivity index (χ0) is 12.5. The third-order valence-electron chi connectivity index (χ3n) is 2.20. The van der Waals surface area contributed by atoms with Crippen LogP contribution in [0.4, 0.5) is 5.69 Å². The molecule has 0 heterocycles. The average Bonchev–Trinajstić information content (AvgIpc) is 2.36. The summed E-state index contributed by atoms with van der Waals surface area (Å²) in [7, 11) is 7.32. The molecular formula is C12H17BN2O2. The van der Waals surface area contributed by atoms with Gasteiger partial charge in [-0.2, -0.15) is 0 Å². The van der Waals surface area contributed by atoms with Crippen LogP contribution >= 0.6 is 0 Å². The quantitative estimate of drug-likeness (QED) is 0.532. The van der Waals surface area contributed by atoms with Crippen molar-refractivity contribution in [2.24, 2.45) is 0 Å². The summed E-state index contributed by atoms with van der Waals surface area (Å²) < 4.78 is 5.16. The summed E-state index contributed by atoms with van der Waals surface area (Å²) >= 11 is 0. The normalized spacial score (nSPS) is 10.2. The predicted molar refractivity (Wildman–Crippen MR) is 69.3 cm³/mol. The maximum absolute atomic E-state index is 11.4. The number of likely N-dealkylation sites (N-methyl/N-ethyl adjacent to an activating group) is 1. The van der Waals surface area contributed by atoms with Gasteiger partial charge in [-0.25, -0.2) is 0 Å². The number of amides is 1. The lowest BCUT2D eigenvalue weighted by Crippen LogP contribution is -2.21. The first kappa shape index (κ1) is 13.7. The standard InChI is InChI=1S/C12H17BN2O2/c1-14-6-7-17-9-12(16)15-11-4-2-10(8-13)3-5-11/h2-5,14H,6-9H2,1H3,(H,15,16). The second kappa shape index (κ2) is 7.87. The van der Waals surface area contributed by atoms with Crippen molar-refractivity contribution in [2.45, 2.75) is 6.32 Å². The molecular weight excluding hydrogens is 215 g/mol. The molecule has 0 aliphatic heterocycles. The van der Waals surface area contributed by atoms with Crippen LogP contribution in [0.15, 0.2) is 24.3 Å². The molecule has 4 nitrogen and oxygen atoms in total. The minimum atomic E-state index is -0.151. The molecule has 90 valence electrons. The number of hydrogen-bond acceptors (Lipinski definition) is 3. The zero-order valence-electron chi connectivity index (χ0n) is 10.0. The fourth-order valence-electron chi connectivity index (χ4n) is 1.26. The Morgan fingerprint density at radius 2 is 2.06 bits per heavy atom. The fourth-order valence-corrected chi connectivity index (χ4v) is 1.26. The SMILES string of the molecule is [B]Cc1ccc(NC(=O)COCCNC)cc1. The Morgan fingerprint density at radius 1 is 1.35 bits per heavy atom. The molecule has 0 saturated heterocycles. The van der Waals surface area contributed by atoms with Crippen molar-refractivity contribution >= 4 is 19.4 Å². The summed E-state index contributed by atoms with van der Waals surface area (Å²) in [4.78, 5) is 11.4. The third kappa shape index (κ3) is 5.52. The molecule has 0 aromatic heterocycles. The van der Waals surface area contributed by atoms with Crippen LogP contribution in [0.3, 0.4) is 0 Å². The van der Waals surface area contributed by atoms with Crippen LogP contribution in [-0.4, -0.2) is 40.6 Å². The molecule has 0 spiro atoms. The van der Waals surface area contributed by atoms with E-state index in [0.29, 0.717) is 12.9 Å². The maximum Gasteiger partial charge on any atom is 0.250 e. The van der Waals surface area contributed by atoms with Gasteiger partial charge >= 0.3 is 0 Å². The van der Waals surface area contributed by atoms with Crippen molar-refractivity contribution in [3.63, 3.8) is 0 Å². The van der Waals surface area contributed by atoms with Crippen LogP contribution in [0.5, 0.6) is 0 Å². The summed E-state index contributed by atoms with van der Waals surface area (Å²) in [6, 6.07) is 7.43. The lowest BCUT2D eigenvalue weighted by atomic mass is 9.97. The van der Waals surface area contributed by atoms with E-state index in [2.05, 4.69) is 10.6 Å². The van der Waals surface area contributed by atoms with Crippen LogP contribution in [0.2, 0.25) is 0 Å². The number of anilines is 1. The lowest BCUT2D eigenvalue weighted by molar-refractivity contribution is -0.120. The molecule has 17 heavy (non-hydrogen) atoms. The van der Waals surface area contributed by atoms with E-state index in [0.717, 1.165) is 17.8 Å². The second-order valence-corrected chi connectivity index (χ2v) is 3.61. The van der Waals surface area contributed by atoms with Gasteiger partial charge in [0.25, 0.3) is 0 Å². The maximum atomic E-state index is 11.4. The number of rotatable bonds is 7. The Kier molecular flexibility index (Phi) is 6.36. The van der Waals surface area contributed by atoms with Gasteiger partial charge in [0.05, 0.1) is 14.5 Å². The van der Waals surface area contributed by atoms with Crippen LogP contribution in [-0.2, 0) is 15.9 Å². The number of carbonyl (C=O) groups is 1. The Labute approximate surface area is 103 Å². The molecule has 0 aliphatic carbocycles. The highest BCUT2D eigenvalue weighted by atomic mass is 16.5. The number of hydrogen-bond donors (Lipinski definition) is 2. The van der Waals surface area contributed by atoms with E-state index in [4.69, 9.17) is 12.6 Å². The number of nitrogens with one attached hydrogen (secondary N) is 2. The number of benzene rings is 1. The molecule has 5 heteroatoms. The summed E-state index contributed by atoms with van der Waals surface area (Å²) in [5, 5.41) is 5.68. The van der Waals surface area contributed by atoms with Gasteiger partial charge in [-0.3, -0.25) is 4.79 Å². The summed E-state index contributed by atoms with van der Waals surface area (Å²) in [6.45, 7) is 1.33. The van der Waals surface area contributed by atoms with Crippen molar-refractivity contribution in [3.8, 4) is 0 Å². The molecule has 2 N–H and O–H groups in total. The Bertz CT molecular complexity index is 341. The Balaban J connectivity index is 2.29. The summed E-state index contributed by atoms with van der Waals surface area (Å²) in [6.07, 6.45) is 0.501. The molecule has 0 fully saturated rings. The monoisotopic (exact) mass is 232 g/mol. The van der Waals surface area contributed by atoms with Gasteiger partial charge in [-0.05, 0) is 19.2 Å². The van der Waals surface area contributed by atoms with Gasteiger partial charge in [-0.1, -0.05) is 24.0 Å². The first-order valence-corrected chi connectivity index (χ1v) is 5.57. The Morgan fingerprint density at radius 3 is 2.65 bits per heavy atom. The molecule has 0 atom stereocenters. The van der Waals surface area contributed by atoms with Gasteiger partial charge in [0, 0.05) is 12.2 Å². The molecule has 0 aliphatic rings. The fraction of sp³-hybridized carbons (Fsp3) is 0.417. The van der Waals surface area contributed by atoms with Crippen LogP contribution in [0.1, 0.15) is 5.56 Å². The minimum absolute atomic E-state index is 0.0698. The highest BCUT2D eigenvalue weighted by Gasteiger charge is 2.01. The van der Waals surface area contributed by atoms with E-state index < -0.39 is 0 Å². The molecule has 2 radical (unpaired) electrons. The van der Waals surface area contributed by atoms with Gasteiger partial charge < -0.3 is 15.4 Å². The molecule has 0 saturated carbocycles. The minimum Gasteiger partial charge on any atom is -0.370 e. The van der Waals surface area contributed by atoms with E-state index in [9.17, 15) is 4.79 Å². The van der Waals surface area contributed by atoms with Gasteiger partial charge in [0.15, 0.2) is 0 Å². The second-order valence-electron chi connectivity index (χ2n) is 3.61. The summed E-state index contributed by atoms with van der Waals surface area (Å²) in [5.41, 5.74) is 1.79. The molecule has 0 unspecified atom stereocenters. The van der Waals surface area contributed by atoms with Crippen molar-refractivity contribution in [1.29, 1.82) is 0 Å². The molecule has 1 aromatic carbocycles. The van der Waals surface area contributed by atoms with Gasteiger partial charge in [0.2, 0.25) is 5.91 Å². The topological polar surface area (TPSA) is 50.4 Å². The van der Waals surface area contributed by atoms with E-state index in [1.165, 1.54) is 0 Å². The van der Waals surface area contributed by atoms with Crippen molar-refractivity contribution < 1.29 is 9.53 Å². The van der Waals surface area contributed by atoms with E-state index in [1.54, 1.807) is 0 Å². The van der Waals surface area contributed by atoms with E-state index in [-0.39, 0.29) is 12.5 Å². The van der Waals surface area contributed by atoms with Crippen LogP contribution in [0, 0.1) is 0 Å². The van der Waals surface area contributed by atoms with Crippen molar-refractivity contribution in [3.05, 3.63) is 29.8 Å².